The van der Waals surface area contributed by atoms with E-state index in [0.29, 0.717) is 22.0 Å². The number of hydrogen-bond donors (Lipinski definition) is 3. The molecule has 0 aliphatic carbocycles. The zero-order valence-electron chi connectivity index (χ0n) is 10.9. The highest BCUT2D eigenvalue weighted by atomic mass is 32.2. The van der Waals surface area contributed by atoms with E-state index in [0.717, 1.165) is 22.0 Å². The second-order valence-electron chi connectivity index (χ2n) is 4.07. The molecule has 1 aromatic carbocycles. The molecule has 1 aromatic heterocycles. The summed E-state index contributed by atoms with van der Waals surface area (Å²) in [7, 11) is -4.30. The minimum Gasteiger partial charge on any atom is -0.479 e. The second kappa shape index (κ2) is 6.22. The predicted molar refractivity (Wildman–Crippen MR) is 82.4 cm³/mol. The first kappa shape index (κ1) is 16.1. The zero-order chi connectivity index (χ0) is 15.6. The highest BCUT2D eigenvalue weighted by Crippen LogP contribution is 2.42. The summed E-state index contributed by atoms with van der Waals surface area (Å²) in [4.78, 5) is 22.7. The number of thiazole rings is 1. The quantitative estimate of drug-likeness (QED) is 0.428. The van der Waals surface area contributed by atoms with Crippen molar-refractivity contribution in [1.82, 2.24) is 4.98 Å². The molecule has 4 N–H and O–H groups in total. The van der Waals surface area contributed by atoms with E-state index in [1.54, 1.807) is 6.07 Å². The summed E-state index contributed by atoms with van der Waals surface area (Å²) in [6, 6.07) is 1.57. The molecular formula is C11H12N3O4PS2. The third-order valence-electron chi connectivity index (χ3n) is 2.61. The first-order valence-corrected chi connectivity index (χ1v) is 9.24. The van der Waals surface area contributed by atoms with Gasteiger partial charge in [-0.1, -0.05) is 18.3 Å². The third kappa shape index (κ3) is 3.67. The van der Waals surface area contributed by atoms with E-state index in [1.165, 1.54) is 11.3 Å². The van der Waals surface area contributed by atoms with Gasteiger partial charge in [-0.3, -0.25) is 4.57 Å². The molecule has 2 aromatic rings. The molecule has 0 saturated carbocycles. The van der Waals surface area contributed by atoms with Crippen LogP contribution in [-0.2, 0) is 11.0 Å². The number of aromatic nitrogens is 1. The van der Waals surface area contributed by atoms with Crippen molar-refractivity contribution >= 4 is 46.0 Å². The molecule has 0 bridgehead atoms. The lowest BCUT2D eigenvalue weighted by Crippen LogP contribution is -2.00. The number of thioether (sulfide) groups is 1. The number of hydrogen-bond acceptors (Lipinski definition) is 7. The van der Waals surface area contributed by atoms with E-state index in [1.807, 2.05) is 12.3 Å². The minimum atomic E-state index is -4.30. The number of ether oxygens (including phenoxy) is 1. The topological polar surface area (TPSA) is 129 Å². The van der Waals surface area contributed by atoms with E-state index >= 15 is 0 Å². The summed E-state index contributed by atoms with van der Waals surface area (Å²) in [6.45, 7) is 1.95. The zero-order valence-corrected chi connectivity index (χ0v) is 13.5. The molecule has 0 aliphatic rings. The maximum Gasteiger partial charge on any atom is 0.362 e. The molecule has 0 unspecified atom stereocenters. The fraction of sp³-hybridized carbons (Fsp3) is 0.273. The third-order valence-corrected chi connectivity index (χ3v) is 4.69. The molecule has 0 atom stereocenters. The van der Waals surface area contributed by atoms with Crippen molar-refractivity contribution in [1.29, 1.82) is 5.26 Å². The van der Waals surface area contributed by atoms with Crippen molar-refractivity contribution in [2.45, 2.75) is 18.2 Å². The van der Waals surface area contributed by atoms with Crippen molar-refractivity contribution in [2.24, 2.45) is 0 Å². The van der Waals surface area contributed by atoms with Crippen LogP contribution in [0.5, 0.6) is 5.75 Å². The molecule has 0 radical (unpaired) electrons. The van der Waals surface area contributed by atoms with Gasteiger partial charge < -0.3 is 20.3 Å². The molecule has 1 heterocycles. The second-order valence-corrected chi connectivity index (χ2v) is 7.51. The fourth-order valence-corrected chi connectivity index (χ4v) is 3.81. The van der Waals surface area contributed by atoms with Gasteiger partial charge in [0.1, 0.15) is 16.7 Å². The van der Waals surface area contributed by atoms with Gasteiger partial charge in [0, 0.05) is 4.90 Å². The Morgan fingerprint density at radius 3 is 2.90 bits per heavy atom. The predicted octanol–water partition coefficient (Wildman–Crippen LogP) is 2.53. The van der Waals surface area contributed by atoms with Crippen molar-refractivity contribution in [3.8, 4) is 11.2 Å². The Balaban J connectivity index is 2.58. The summed E-state index contributed by atoms with van der Waals surface area (Å²) in [5, 5.41) is 11.2. The molecule has 112 valence electrons. The van der Waals surface area contributed by atoms with Gasteiger partial charge in [0.15, 0.2) is 11.5 Å². The molecule has 10 heteroatoms. The van der Waals surface area contributed by atoms with Crippen molar-refractivity contribution in [3.63, 3.8) is 0 Å². The SMILES string of the molecule is CCc1c(SC#N)cc(OCP(=O)(O)O)c2nc(N)sc12. The molecule has 21 heavy (non-hydrogen) atoms. The van der Waals surface area contributed by atoms with Crippen LogP contribution >= 0.6 is 30.7 Å². The van der Waals surface area contributed by atoms with E-state index in [2.05, 4.69) is 4.98 Å². The van der Waals surface area contributed by atoms with Crippen molar-refractivity contribution < 1.29 is 19.1 Å². The van der Waals surface area contributed by atoms with Gasteiger partial charge in [0.05, 0.1) is 4.70 Å². The Morgan fingerprint density at radius 1 is 1.62 bits per heavy atom. The number of aryl methyl sites for hydroxylation is 1. The Labute approximate surface area is 128 Å². The lowest BCUT2D eigenvalue weighted by molar-refractivity contribution is 0.302. The molecule has 0 fully saturated rings. The van der Waals surface area contributed by atoms with Crippen LogP contribution in [0, 0.1) is 10.7 Å². The van der Waals surface area contributed by atoms with Crippen LogP contribution in [0.25, 0.3) is 10.2 Å². The lowest BCUT2D eigenvalue weighted by atomic mass is 10.1. The molecule has 0 saturated heterocycles. The molecule has 2 rings (SSSR count). The molecule has 0 amide bonds. The largest absolute Gasteiger partial charge is 0.479 e. The van der Waals surface area contributed by atoms with Gasteiger partial charge in [0.25, 0.3) is 0 Å². The van der Waals surface area contributed by atoms with Crippen LogP contribution < -0.4 is 10.5 Å². The number of nitrogen functional groups attached to an aromatic ring is 1. The normalized spacial score (nSPS) is 11.5. The molecule has 0 spiro atoms. The Hall–Kier alpha value is -1.30. The Morgan fingerprint density at radius 2 is 2.33 bits per heavy atom. The van der Waals surface area contributed by atoms with Gasteiger partial charge in [-0.15, -0.1) is 0 Å². The fourth-order valence-electron chi connectivity index (χ4n) is 1.83. The molecule has 0 aliphatic heterocycles. The van der Waals surface area contributed by atoms with Crippen LogP contribution in [0.15, 0.2) is 11.0 Å². The van der Waals surface area contributed by atoms with E-state index in [9.17, 15) is 4.57 Å². The van der Waals surface area contributed by atoms with E-state index < -0.39 is 13.9 Å². The highest BCUT2D eigenvalue weighted by molar-refractivity contribution is 8.03. The average Bonchev–Trinajstić information content (AvgIpc) is 2.77. The van der Waals surface area contributed by atoms with Crippen LogP contribution in [0.4, 0.5) is 5.13 Å². The number of nitrogens with zero attached hydrogens (tertiary/aromatic N) is 2. The van der Waals surface area contributed by atoms with Crippen molar-refractivity contribution in [2.75, 3.05) is 12.1 Å². The van der Waals surface area contributed by atoms with Gasteiger partial charge in [-0.05, 0) is 29.8 Å². The Bertz CT molecular complexity index is 765. The van der Waals surface area contributed by atoms with Crippen molar-refractivity contribution in [3.05, 3.63) is 11.6 Å². The number of fused-ring (bicyclic) bond motifs is 1. The lowest BCUT2D eigenvalue weighted by Gasteiger charge is -2.11. The van der Waals surface area contributed by atoms with Gasteiger partial charge in [-0.2, -0.15) is 5.26 Å². The number of rotatable bonds is 5. The maximum absolute atomic E-state index is 10.9. The van der Waals surface area contributed by atoms with Crippen LogP contribution in [0.3, 0.4) is 0 Å². The smallest absolute Gasteiger partial charge is 0.362 e. The van der Waals surface area contributed by atoms with Gasteiger partial charge in [0.2, 0.25) is 0 Å². The number of nitrogens with two attached hydrogens (primary N) is 1. The number of nitriles is 1. The first-order valence-electron chi connectivity index (χ1n) is 5.81. The average molecular weight is 345 g/mol. The summed E-state index contributed by atoms with van der Waals surface area (Å²) >= 11 is 2.23. The highest BCUT2D eigenvalue weighted by Gasteiger charge is 2.20. The van der Waals surface area contributed by atoms with Crippen LogP contribution in [0.2, 0.25) is 0 Å². The number of anilines is 1. The number of thiocyanates is 1. The first-order chi connectivity index (χ1) is 9.85. The van der Waals surface area contributed by atoms with Crippen LogP contribution in [-0.4, -0.2) is 21.1 Å². The summed E-state index contributed by atoms with van der Waals surface area (Å²) in [5.41, 5.74) is 7.10. The summed E-state index contributed by atoms with van der Waals surface area (Å²) < 4.78 is 16.9. The van der Waals surface area contributed by atoms with E-state index in [4.69, 9.17) is 25.5 Å². The van der Waals surface area contributed by atoms with Crippen LogP contribution in [0.1, 0.15) is 12.5 Å². The molecule has 7 nitrogen and oxygen atoms in total. The summed E-state index contributed by atoms with van der Waals surface area (Å²) in [6.07, 6.45) is -0.0669. The molecular weight excluding hydrogens is 333 g/mol. The van der Waals surface area contributed by atoms with Gasteiger partial charge in [-0.25, -0.2) is 4.98 Å². The monoisotopic (exact) mass is 345 g/mol. The van der Waals surface area contributed by atoms with Gasteiger partial charge >= 0.3 is 7.60 Å². The Kier molecular flexibility index (Phi) is 4.76. The minimum absolute atomic E-state index is 0.219. The summed E-state index contributed by atoms with van der Waals surface area (Å²) in [5.74, 6) is 0.219. The standard InChI is InChI=1S/C11H12N3O4PS2/c1-2-6-8(20-4-12)3-7(18-5-19(15,16)17)9-10(6)21-11(13)14-9/h3H,2,5H2,1H3,(H2,13,14)(H2,15,16,17). The maximum atomic E-state index is 10.9. The number of benzene rings is 1. The van der Waals surface area contributed by atoms with E-state index in [-0.39, 0.29) is 5.75 Å².